The molecule has 0 fully saturated rings. The van der Waals surface area contributed by atoms with Crippen LogP contribution < -0.4 is 15.4 Å². The molecule has 9 heteroatoms. The standard InChI is InChI=1S/C21H22N4O3S2/c1-3-6-19(27)22-15-11-9-14(10-12-15)17(26)13-29-21-25-24-20(30-21)23-16-7-4-5-8-18(16)28-2/h4-5,7-12H,3,6,13H2,1-2H3,(H,22,27)(H,23,24). The van der Waals surface area contributed by atoms with Crippen molar-refractivity contribution >= 4 is 51.3 Å². The monoisotopic (exact) mass is 442 g/mol. The molecule has 0 unspecified atom stereocenters. The first-order valence-electron chi connectivity index (χ1n) is 9.38. The smallest absolute Gasteiger partial charge is 0.224 e. The van der Waals surface area contributed by atoms with Gasteiger partial charge in [0.2, 0.25) is 11.0 Å². The van der Waals surface area contributed by atoms with E-state index in [2.05, 4.69) is 20.8 Å². The van der Waals surface area contributed by atoms with E-state index >= 15 is 0 Å². The number of Topliss-reactive ketones (excluding diaryl/α,β-unsaturated/α-hetero) is 1. The van der Waals surface area contributed by atoms with Crippen molar-refractivity contribution in [1.29, 1.82) is 0 Å². The molecule has 1 aromatic heterocycles. The number of rotatable bonds is 10. The molecule has 0 atom stereocenters. The van der Waals surface area contributed by atoms with Crippen LogP contribution in [0.4, 0.5) is 16.5 Å². The third-order valence-electron chi connectivity index (χ3n) is 4.05. The van der Waals surface area contributed by atoms with Gasteiger partial charge in [-0.05, 0) is 42.8 Å². The zero-order valence-electron chi connectivity index (χ0n) is 16.7. The fraction of sp³-hybridized carbons (Fsp3) is 0.238. The van der Waals surface area contributed by atoms with Gasteiger partial charge in [0.1, 0.15) is 5.75 Å². The number of hydrogen-bond acceptors (Lipinski definition) is 8. The summed E-state index contributed by atoms with van der Waals surface area (Å²) in [5.41, 5.74) is 2.08. The van der Waals surface area contributed by atoms with Gasteiger partial charge >= 0.3 is 0 Å². The van der Waals surface area contributed by atoms with E-state index in [9.17, 15) is 9.59 Å². The normalized spacial score (nSPS) is 10.5. The minimum atomic E-state index is -0.0269. The first kappa shape index (κ1) is 21.8. The quantitative estimate of drug-likeness (QED) is 0.337. The molecule has 0 aliphatic rings. The number of carbonyl (C=O) groups is 2. The molecule has 7 nitrogen and oxygen atoms in total. The fourth-order valence-electron chi connectivity index (χ4n) is 2.58. The van der Waals surface area contributed by atoms with E-state index < -0.39 is 0 Å². The van der Waals surface area contributed by atoms with E-state index in [1.807, 2.05) is 31.2 Å². The van der Waals surface area contributed by atoms with E-state index in [4.69, 9.17) is 4.74 Å². The highest BCUT2D eigenvalue weighted by atomic mass is 32.2. The topological polar surface area (TPSA) is 93.2 Å². The highest BCUT2D eigenvalue weighted by Crippen LogP contribution is 2.31. The number of benzene rings is 2. The Morgan fingerprint density at radius 2 is 1.87 bits per heavy atom. The molecule has 1 heterocycles. The summed E-state index contributed by atoms with van der Waals surface area (Å²) in [5.74, 6) is 0.929. The number of amides is 1. The number of hydrogen-bond donors (Lipinski definition) is 2. The predicted octanol–water partition coefficient (Wildman–Crippen LogP) is 5.00. The van der Waals surface area contributed by atoms with E-state index in [1.165, 1.54) is 23.1 Å². The van der Waals surface area contributed by atoms with Crippen LogP contribution in [0.2, 0.25) is 0 Å². The lowest BCUT2D eigenvalue weighted by molar-refractivity contribution is -0.116. The Labute approximate surface area is 183 Å². The molecular weight excluding hydrogens is 420 g/mol. The largest absolute Gasteiger partial charge is 0.495 e. The number of methoxy groups -OCH3 is 1. The minimum absolute atomic E-state index is 0.0131. The van der Waals surface area contributed by atoms with Gasteiger partial charge in [-0.15, -0.1) is 10.2 Å². The summed E-state index contributed by atoms with van der Waals surface area (Å²) in [4.78, 5) is 24.1. The molecule has 3 rings (SSSR count). The summed E-state index contributed by atoms with van der Waals surface area (Å²) >= 11 is 2.71. The molecule has 3 aromatic rings. The van der Waals surface area contributed by atoms with Crippen LogP contribution >= 0.6 is 23.1 Å². The SMILES string of the molecule is CCCC(=O)Nc1ccc(C(=O)CSc2nnc(Nc3ccccc3OC)s2)cc1. The van der Waals surface area contributed by atoms with E-state index in [0.717, 1.165) is 12.1 Å². The summed E-state index contributed by atoms with van der Waals surface area (Å²) in [6.45, 7) is 1.95. The number of aromatic nitrogens is 2. The number of anilines is 3. The number of nitrogens with one attached hydrogen (secondary N) is 2. The third-order valence-corrected chi connectivity index (χ3v) is 6.02. The summed E-state index contributed by atoms with van der Waals surface area (Å²) < 4.78 is 6.01. The Morgan fingerprint density at radius 1 is 1.10 bits per heavy atom. The minimum Gasteiger partial charge on any atom is -0.495 e. The van der Waals surface area contributed by atoms with Gasteiger partial charge < -0.3 is 15.4 Å². The molecule has 30 heavy (non-hydrogen) atoms. The molecule has 0 aliphatic carbocycles. The molecule has 0 saturated carbocycles. The van der Waals surface area contributed by atoms with E-state index in [-0.39, 0.29) is 17.4 Å². The van der Waals surface area contributed by atoms with Gasteiger partial charge in [-0.25, -0.2) is 0 Å². The maximum atomic E-state index is 12.5. The van der Waals surface area contributed by atoms with Crippen LogP contribution in [0.15, 0.2) is 52.9 Å². The van der Waals surface area contributed by atoms with Crippen LogP contribution in [0.25, 0.3) is 0 Å². The molecule has 0 spiro atoms. The second-order valence-electron chi connectivity index (χ2n) is 6.29. The van der Waals surface area contributed by atoms with Crippen LogP contribution in [-0.2, 0) is 4.79 Å². The van der Waals surface area contributed by atoms with Gasteiger partial charge in [0.25, 0.3) is 0 Å². The van der Waals surface area contributed by atoms with Crippen molar-refractivity contribution in [3.63, 3.8) is 0 Å². The van der Waals surface area contributed by atoms with Crippen molar-refractivity contribution in [3.05, 3.63) is 54.1 Å². The summed E-state index contributed by atoms with van der Waals surface area (Å²) in [6, 6.07) is 14.5. The average molecular weight is 443 g/mol. The van der Waals surface area contributed by atoms with Crippen LogP contribution in [0, 0.1) is 0 Å². The molecule has 0 bridgehead atoms. The number of ether oxygens (including phenoxy) is 1. The van der Waals surface area contributed by atoms with Crippen LogP contribution in [-0.4, -0.2) is 34.8 Å². The number of carbonyl (C=O) groups excluding carboxylic acids is 2. The molecular formula is C21H22N4O3S2. The lowest BCUT2D eigenvalue weighted by atomic mass is 10.1. The second-order valence-corrected chi connectivity index (χ2v) is 8.49. The average Bonchev–Trinajstić information content (AvgIpc) is 3.20. The molecule has 2 aromatic carbocycles. The third kappa shape index (κ3) is 6.04. The van der Waals surface area contributed by atoms with E-state index in [1.54, 1.807) is 31.4 Å². The van der Waals surface area contributed by atoms with Crippen molar-refractivity contribution < 1.29 is 14.3 Å². The highest BCUT2D eigenvalue weighted by Gasteiger charge is 2.12. The van der Waals surface area contributed by atoms with Gasteiger partial charge in [0.05, 0.1) is 18.6 Å². The van der Waals surface area contributed by atoms with Crippen LogP contribution in [0.5, 0.6) is 5.75 Å². The predicted molar refractivity (Wildman–Crippen MR) is 121 cm³/mol. The summed E-state index contributed by atoms with van der Waals surface area (Å²) in [7, 11) is 1.61. The van der Waals surface area contributed by atoms with Crippen molar-refractivity contribution in [3.8, 4) is 5.75 Å². The van der Waals surface area contributed by atoms with Gasteiger partial charge in [0.15, 0.2) is 10.1 Å². The lowest BCUT2D eigenvalue weighted by Crippen LogP contribution is -2.10. The maximum absolute atomic E-state index is 12.5. The van der Waals surface area contributed by atoms with Crippen molar-refractivity contribution in [2.24, 2.45) is 0 Å². The van der Waals surface area contributed by atoms with Crippen molar-refractivity contribution in [2.75, 3.05) is 23.5 Å². The Balaban J connectivity index is 1.53. The molecule has 2 N–H and O–H groups in total. The number of para-hydroxylation sites is 2. The van der Waals surface area contributed by atoms with E-state index in [0.29, 0.717) is 32.9 Å². The van der Waals surface area contributed by atoms with Gasteiger partial charge in [-0.3, -0.25) is 9.59 Å². The Morgan fingerprint density at radius 3 is 2.60 bits per heavy atom. The Kier molecular flexibility index (Phi) is 7.81. The first-order valence-corrected chi connectivity index (χ1v) is 11.2. The second kappa shape index (κ2) is 10.7. The number of nitrogens with zero attached hydrogens (tertiary/aromatic N) is 2. The van der Waals surface area contributed by atoms with Crippen LogP contribution in [0.3, 0.4) is 0 Å². The summed E-state index contributed by atoms with van der Waals surface area (Å²) in [6.07, 6.45) is 1.27. The van der Waals surface area contributed by atoms with Gasteiger partial charge in [-0.2, -0.15) is 0 Å². The van der Waals surface area contributed by atoms with Crippen LogP contribution in [0.1, 0.15) is 30.1 Å². The zero-order valence-corrected chi connectivity index (χ0v) is 18.3. The molecule has 0 saturated heterocycles. The lowest BCUT2D eigenvalue weighted by Gasteiger charge is -2.07. The Bertz CT molecular complexity index is 1010. The fourth-order valence-corrected chi connectivity index (χ4v) is 4.24. The van der Waals surface area contributed by atoms with Crippen molar-refractivity contribution in [2.45, 2.75) is 24.1 Å². The van der Waals surface area contributed by atoms with Gasteiger partial charge in [0, 0.05) is 17.7 Å². The Hall–Kier alpha value is -2.91. The number of ketones is 1. The molecule has 0 aliphatic heterocycles. The summed E-state index contributed by atoms with van der Waals surface area (Å²) in [5, 5.41) is 14.9. The highest BCUT2D eigenvalue weighted by molar-refractivity contribution is 8.01. The maximum Gasteiger partial charge on any atom is 0.224 e. The first-order chi connectivity index (χ1) is 14.6. The zero-order chi connectivity index (χ0) is 21.3. The van der Waals surface area contributed by atoms with Gasteiger partial charge in [-0.1, -0.05) is 42.2 Å². The molecule has 156 valence electrons. The van der Waals surface area contributed by atoms with Crippen molar-refractivity contribution in [1.82, 2.24) is 10.2 Å². The molecule has 0 radical (unpaired) electrons. The number of thioether (sulfide) groups is 1. The molecule has 1 amide bonds.